The fourth-order valence-electron chi connectivity index (χ4n) is 2.27. The van der Waals surface area contributed by atoms with E-state index in [0.717, 1.165) is 36.8 Å². The molecule has 0 aliphatic carbocycles. The molecule has 5 nitrogen and oxygen atoms in total. The van der Waals surface area contributed by atoms with Gasteiger partial charge in [0, 0.05) is 31.9 Å². The number of carbonyl (C=O) groups is 2. The molecule has 1 N–H and O–H groups in total. The number of hydrogen-bond acceptors (Lipinski definition) is 3. The lowest BCUT2D eigenvalue weighted by atomic mass is 10.1. The molecule has 0 spiro atoms. The Morgan fingerprint density at radius 1 is 1.30 bits per heavy atom. The molecule has 106 valence electrons. The van der Waals surface area contributed by atoms with Gasteiger partial charge in [-0.25, -0.2) is 4.79 Å². The molecule has 0 aromatic heterocycles. The van der Waals surface area contributed by atoms with Crippen LogP contribution in [0.5, 0.6) is 0 Å². The van der Waals surface area contributed by atoms with E-state index in [0.29, 0.717) is 6.54 Å². The second-order valence-corrected chi connectivity index (χ2v) is 4.82. The average molecular weight is 274 g/mol. The number of carboxylic acid groups (broad SMARTS) is 1. The molecule has 1 saturated heterocycles. The van der Waals surface area contributed by atoms with Crippen LogP contribution in [0.3, 0.4) is 0 Å². The van der Waals surface area contributed by atoms with Crippen molar-refractivity contribution in [3.8, 4) is 0 Å². The number of hydrogen-bond donors (Lipinski definition) is 1. The van der Waals surface area contributed by atoms with Crippen molar-refractivity contribution in [2.24, 2.45) is 0 Å². The lowest BCUT2D eigenvalue weighted by Crippen LogP contribution is -2.34. The third-order valence-corrected chi connectivity index (χ3v) is 3.36. The number of para-hydroxylation sites is 1. The Hall–Kier alpha value is -2.30. The Bertz CT molecular complexity index is 540. The van der Waals surface area contributed by atoms with Crippen molar-refractivity contribution in [1.29, 1.82) is 0 Å². The molecular weight excluding hydrogens is 256 g/mol. The van der Waals surface area contributed by atoms with Crippen LogP contribution in [-0.2, 0) is 9.59 Å². The normalized spacial score (nSPS) is 16.6. The molecule has 20 heavy (non-hydrogen) atoms. The first-order valence-corrected chi connectivity index (χ1v) is 6.57. The third kappa shape index (κ3) is 3.38. The van der Waals surface area contributed by atoms with E-state index >= 15 is 0 Å². The summed E-state index contributed by atoms with van der Waals surface area (Å²) >= 11 is 0. The summed E-state index contributed by atoms with van der Waals surface area (Å²) in [6, 6.07) is 7.53. The van der Waals surface area contributed by atoms with Crippen molar-refractivity contribution in [2.45, 2.75) is 6.42 Å². The molecule has 1 aliphatic rings. The number of nitrogens with zero attached hydrogens (tertiary/aromatic N) is 2. The van der Waals surface area contributed by atoms with Gasteiger partial charge in [-0.2, -0.15) is 0 Å². The molecule has 0 atom stereocenters. The fraction of sp³-hybridized carbons (Fsp3) is 0.333. The molecule has 5 heteroatoms. The van der Waals surface area contributed by atoms with E-state index in [4.69, 9.17) is 5.11 Å². The van der Waals surface area contributed by atoms with E-state index < -0.39 is 5.97 Å². The lowest BCUT2D eigenvalue weighted by Gasteiger charge is -2.23. The van der Waals surface area contributed by atoms with Gasteiger partial charge in [0.15, 0.2) is 0 Å². The molecule has 1 aromatic carbocycles. The highest BCUT2D eigenvalue weighted by atomic mass is 16.4. The molecule has 1 fully saturated rings. The van der Waals surface area contributed by atoms with Gasteiger partial charge in [0.25, 0.3) is 0 Å². The minimum Gasteiger partial charge on any atom is -0.478 e. The summed E-state index contributed by atoms with van der Waals surface area (Å²) in [5, 5.41) is 8.74. The van der Waals surface area contributed by atoms with Crippen molar-refractivity contribution in [3.05, 3.63) is 35.9 Å². The van der Waals surface area contributed by atoms with Crippen LogP contribution in [0.2, 0.25) is 0 Å². The van der Waals surface area contributed by atoms with Gasteiger partial charge in [-0.05, 0) is 24.1 Å². The molecule has 1 aliphatic heterocycles. The van der Waals surface area contributed by atoms with Crippen LogP contribution in [0, 0.1) is 0 Å². The Morgan fingerprint density at radius 3 is 2.80 bits per heavy atom. The van der Waals surface area contributed by atoms with Crippen LogP contribution < -0.4 is 4.90 Å². The number of aliphatic carboxylic acids is 1. The van der Waals surface area contributed by atoms with Crippen molar-refractivity contribution >= 4 is 23.6 Å². The first kappa shape index (κ1) is 14.1. The summed E-state index contributed by atoms with van der Waals surface area (Å²) < 4.78 is 0. The topological polar surface area (TPSA) is 60.9 Å². The Labute approximate surface area is 118 Å². The second-order valence-electron chi connectivity index (χ2n) is 4.82. The van der Waals surface area contributed by atoms with Gasteiger partial charge < -0.3 is 14.9 Å². The Balaban J connectivity index is 2.27. The van der Waals surface area contributed by atoms with E-state index in [1.165, 1.54) is 0 Å². The fourth-order valence-corrected chi connectivity index (χ4v) is 2.27. The third-order valence-electron chi connectivity index (χ3n) is 3.36. The van der Waals surface area contributed by atoms with E-state index in [2.05, 4.69) is 0 Å². The SMILES string of the molecule is CN1CCCN(c2ccccc2/C=C/C(=O)O)CC1=O. The molecule has 0 unspecified atom stereocenters. The van der Waals surface area contributed by atoms with E-state index in [1.54, 1.807) is 11.0 Å². The maximum atomic E-state index is 11.9. The summed E-state index contributed by atoms with van der Waals surface area (Å²) in [7, 11) is 1.81. The smallest absolute Gasteiger partial charge is 0.328 e. The van der Waals surface area contributed by atoms with Crippen LogP contribution >= 0.6 is 0 Å². The standard InChI is InChI=1S/C15H18N2O3/c1-16-9-4-10-17(11-14(16)18)13-6-3-2-5-12(13)7-8-15(19)20/h2-3,5-8H,4,9-11H2,1H3,(H,19,20)/b8-7+. The molecular formula is C15H18N2O3. The van der Waals surface area contributed by atoms with Crippen LogP contribution in [0.1, 0.15) is 12.0 Å². The molecule has 1 aromatic rings. The maximum absolute atomic E-state index is 11.9. The Kier molecular flexibility index (Phi) is 4.40. The molecule has 1 heterocycles. The van der Waals surface area contributed by atoms with E-state index in [1.807, 2.05) is 36.2 Å². The predicted octanol–water partition coefficient (Wildman–Crippen LogP) is 1.45. The largest absolute Gasteiger partial charge is 0.478 e. The van der Waals surface area contributed by atoms with Gasteiger partial charge in [-0.15, -0.1) is 0 Å². The van der Waals surface area contributed by atoms with Crippen LogP contribution in [0.25, 0.3) is 6.08 Å². The molecule has 0 radical (unpaired) electrons. The van der Waals surface area contributed by atoms with Crippen LogP contribution in [0.15, 0.2) is 30.3 Å². The maximum Gasteiger partial charge on any atom is 0.328 e. The van der Waals surface area contributed by atoms with E-state index in [-0.39, 0.29) is 5.91 Å². The summed E-state index contributed by atoms with van der Waals surface area (Å²) in [5.41, 5.74) is 1.71. The number of carboxylic acids is 1. The van der Waals surface area contributed by atoms with Gasteiger partial charge in [-0.1, -0.05) is 18.2 Å². The Morgan fingerprint density at radius 2 is 2.05 bits per heavy atom. The van der Waals surface area contributed by atoms with E-state index in [9.17, 15) is 9.59 Å². The second kappa shape index (κ2) is 6.23. The number of anilines is 1. The van der Waals surface area contributed by atoms with Gasteiger partial charge in [-0.3, -0.25) is 4.79 Å². The zero-order valence-corrected chi connectivity index (χ0v) is 11.5. The van der Waals surface area contributed by atoms with Crippen molar-refractivity contribution in [1.82, 2.24) is 4.90 Å². The molecule has 1 amide bonds. The zero-order chi connectivity index (χ0) is 14.5. The molecule has 2 rings (SSSR count). The number of carbonyl (C=O) groups excluding carboxylic acids is 1. The molecule has 0 bridgehead atoms. The average Bonchev–Trinajstić information content (AvgIpc) is 2.59. The highest BCUT2D eigenvalue weighted by molar-refractivity contribution is 5.88. The minimum absolute atomic E-state index is 0.0829. The molecule has 0 saturated carbocycles. The highest BCUT2D eigenvalue weighted by Gasteiger charge is 2.20. The number of amides is 1. The summed E-state index contributed by atoms with van der Waals surface area (Å²) in [5.74, 6) is -0.897. The number of likely N-dealkylation sites (N-methyl/N-ethyl adjacent to an activating group) is 1. The van der Waals surface area contributed by atoms with Crippen molar-refractivity contribution in [3.63, 3.8) is 0 Å². The first-order valence-electron chi connectivity index (χ1n) is 6.57. The first-order chi connectivity index (χ1) is 9.58. The minimum atomic E-state index is -0.980. The monoisotopic (exact) mass is 274 g/mol. The van der Waals surface area contributed by atoms with Crippen molar-refractivity contribution < 1.29 is 14.7 Å². The van der Waals surface area contributed by atoms with Crippen LogP contribution in [-0.4, -0.2) is 48.6 Å². The van der Waals surface area contributed by atoms with Gasteiger partial charge in [0.1, 0.15) is 0 Å². The number of rotatable bonds is 3. The van der Waals surface area contributed by atoms with Gasteiger partial charge >= 0.3 is 5.97 Å². The lowest BCUT2D eigenvalue weighted by molar-refractivity contribution is -0.131. The highest BCUT2D eigenvalue weighted by Crippen LogP contribution is 2.23. The van der Waals surface area contributed by atoms with Crippen LogP contribution in [0.4, 0.5) is 5.69 Å². The van der Waals surface area contributed by atoms with Gasteiger partial charge in [0.2, 0.25) is 5.91 Å². The zero-order valence-electron chi connectivity index (χ0n) is 11.5. The number of benzene rings is 1. The van der Waals surface area contributed by atoms with Gasteiger partial charge in [0.05, 0.1) is 6.54 Å². The quantitative estimate of drug-likeness (QED) is 0.848. The predicted molar refractivity (Wildman–Crippen MR) is 77.6 cm³/mol. The summed E-state index contributed by atoms with van der Waals surface area (Å²) in [6.45, 7) is 1.87. The summed E-state index contributed by atoms with van der Waals surface area (Å²) in [6.07, 6.45) is 3.58. The summed E-state index contributed by atoms with van der Waals surface area (Å²) in [4.78, 5) is 26.3. The van der Waals surface area contributed by atoms with Crippen molar-refractivity contribution in [2.75, 3.05) is 31.6 Å².